The van der Waals surface area contributed by atoms with Gasteiger partial charge in [0.1, 0.15) is 0 Å². The summed E-state index contributed by atoms with van der Waals surface area (Å²) in [5.41, 5.74) is 0.963. The lowest BCUT2D eigenvalue weighted by atomic mass is 10.1. The number of ether oxygens (including phenoxy) is 1. The lowest BCUT2D eigenvalue weighted by Gasteiger charge is -2.36. The fourth-order valence-electron chi connectivity index (χ4n) is 2.47. The van der Waals surface area contributed by atoms with Crippen LogP contribution in [-0.2, 0) is 4.74 Å². The molecular weight excluding hydrogens is 294 g/mol. The third-order valence-corrected chi connectivity index (χ3v) is 3.71. The molecule has 0 bridgehead atoms. The van der Waals surface area contributed by atoms with Crippen molar-refractivity contribution in [2.45, 2.75) is 32.2 Å². The Labute approximate surface area is 117 Å². The molecule has 0 saturated carbocycles. The highest BCUT2D eigenvalue weighted by Crippen LogP contribution is 2.19. The molecule has 0 radical (unpaired) electrons. The van der Waals surface area contributed by atoms with Crippen LogP contribution in [-0.4, -0.2) is 41.8 Å². The summed E-state index contributed by atoms with van der Waals surface area (Å²) in [5.74, 6) is 0. The van der Waals surface area contributed by atoms with Crippen LogP contribution in [0.25, 0.3) is 0 Å². The lowest BCUT2D eigenvalue weighted by molar-refractivity contribution is -0.0767. The summed E-state index contributed by atoms with van der Waals surface area (Å²) < 4.78 is 6.72. The van der Waals surface area contributed by atoms with Gasteiger partial charge in [-0.05, 0) is 31.5 Å². The van der Waals surface area contributed by atoms with E-state index < -0.39 is 6.10 Å². The van der Waals surface area contributed by atoms with E-state index in [9.17, 15) is 5.11 Å². The summed E-state index contributed by atoms with van der Waals surface area (Å²) >= 11 is 3.40. The largest absolute Gasteiger partial charge is 0.387 e. The minimum absolute atomic E-state index is 0.242. The minimum atomic E-state index is -0.435. The molecule has 0 aliphatic carbocycles. The number of nitrogens with zero attached hydrogens (tertiary/aromatic N) is 1. The van der Waals surface area contributed by atoms with Crippen molar-refractivity contribution in [3.8, 4) is 0 Å². The van der Waals surface area contributed by atoms with E-state index in [4.69, 9.17) is 4.74 Å². The molecular formula is C14H20BrNO2. The normalized spacial score (nSPS) is 27.1. The van der Waals surface area contributed by atoms with Crippen molar-refractivity contribution in [3.05, 3.63) is 34.3 Å². The Morgan fingerprint density at radius 1 is 1.28 bits per heavy atom. The van der Waals surface area contributed by atoms with E-state index in [0.29, 0.717) is 6.54 Å². The van der Waals surface area contributed by atoms with E-state index in [1.807, 2.05) is 24.3 Å². The zero-order valence-corrected chi connectivity index (χ0v) is 12.4. The Bertz CT molecular complexity index is 372. The average Bonchev–Trinajstić information content (AvgIpc) is 2.28. The minimum Gasteiger partial charge on any atom is -0.387 e. The third kappa shape index (κ3) is 3.79. The fraction of sp³-hybridized carbons (Fsp3) is 0.571. The summed E-state index contributed by atoms with van der Waals surface area (Å²) in [5, 5.41) is 10.2. The molecule has 0 spiro atoms. The van der Waals surface area contributed by atoms with Crippen LogP contribution in [0.15, 0.2) is 28.7 Å². The van der Waals surface area contributed by atoms with Gasteiger partial charge in [-0.25, -0.2) is 0 Å². The highest BCUT2D eigenvalue weighted by atomic mass is 79.9. The Balaban J connectivity index is 1.94. The van der Waals surface area contributed by atoms with Gasteiger partial charge >= 0.3 is 0 Å². The van der Waals surface area contributed by atoms with E-state index in [0.717, 1.165) is 23.1 Å². The van der Waals surface area contributed by atoms with Gasteiger partial charge < -0.3 is 9.84 Å². The fourth-order valence-corrected chi connectivity index (χ4v) is 2.73. The number of β-amino-alcohol motifs (C(OH)–C–C–N with tert-alkyl or cyclic N) is 1. The van der Waals surface area contributed by atoms with Crippen LogP contribution in [0, 0.1) is 0 Å². The quantitative estimate of drug-likeness (QED) is 0.931. The average molecular weight is 314 g/mol. The van der Waals surface area contributed by atoms with Gasteiger partial charge in [-0.2, -0.15) is 0 Å². The first-order valence-corrected chi connectivity index (χ1v) is 7.15. The molecule has 3 nitrogen and oxygen atoms in total. The molecule has 0 unspecified atom stereocenters. The van der Waals surface area contributed by atoms with E-state index in [1.54, 1.807) is 0 Å². The molecule has 3 atom stereocenters. The van der Waals surface area contributed by atoms with Gasteiger partial charge in [-0.15, -0.1) is 0 Å². The first-order chi connectivity index (χ1) is 8.54. The second-order valence-corrected chi connectivity index (χ2v) is 5.96. The molecule has 4 heteroatoms. The van der Waals surface area contributed by atoms with Gasteiger partial charge in [0.05, 0.1) is 18.3 Å². The summed E-state index contributed by atoms with van der Waals surface area (Å²) in [4.78, 5) is 2.27. The molecule has 1 fully saturated rings. The predicted octanol–water partition coefficient (Wildman–Crippen LogP) is 2.59. The van der Waals surface area contributed by atoms with E-state index >= 15 is 0 Å². The van der Waals surface area contributed by atoms with Crippen molar-refractivity contribution in [2.75, 3.05) is 19.6 Å². The van der Waals surface area contributed by atoms with Crippen molar-refractivity contribution in [3.63, 3.8) is 0 Å². The van der Waals surface area contributed by atoms with Gasteiger partial charge in [0.15, 0.2) is 0 Å². The van der Waals surface area contributed by atoms with Crippen LogP contribution < -0.4 is 0 Å². The van der Waals surface area contributed by atoms with E-state index in [2.05, 4.69) is 34.7 Å². The van der Waals surface area contributed by atoms with Crippen LogP contribution in [0.5, 0.6) is 0 Å². The number of hydrogen-bond donors (Lipinski definition) is 1. The van der Waals surface area contributed by atoms with Gasteiger partial charge in [-0.3, -0.25) is 4.90 Å². The van der Waals surface area contributed by atoms with Gasteiger partial charge in [0.25, 0.3) is 0 Å². The Hall–Kier alpha value is -0.420. The maximum absolute atomic E-state index is 10.2. The van der Waals surface area contributed by atoms with Gasteiger partial charge in [0.2, 0.25) is 0 Å². The van der Waals surface area contributed by atoms with Crippen LogP contribution >= 0.6 is 15.9 Å². The number of benzene rings is 1. The van der Waals surface area contributed by atoms with Crippen LogP contribution in [0.2, 0.25) is 0 Å². The Morgan fingerprint density at radius 2 is 1.83 bits per heavy atom. The topological polar surface area (TPSA) is 32.7 Å². The van der Waals surface area contributed by atoms with Crippen molar-refractivity contribution >= 4 is 15.9 Å². The monoisotopic (exact) mass is 313 g/mol. The van der Waals surface area contributed by atoms with Crippen LogP contribution in [0.1, 0.15) is 25.5 Å². The smallest absolute Gasteiger partial charge is 0.0916 e. The molecule has 100 valence electrons. The molecule has 0 aromatic heterocycles. The highest BCUT2D eigenvalue weighted by Gasteiger charge is 2.24. The van der Waals surface area contributed by atoms with E-state index in [-0.39, 0.29) is 12.2 Å². The van der Waals surface area contributed by atoms with Gasteiger partial charge in [0, 0.05) is 24.1 Å². The molecule has 1 N–H and O–H groups in total. The zero-order valence-electron chi connectivity index (χ0n) is 10.8. The first-order valence-electron chi connectivity index (χ1n) is 6.36. The molecule has 1 aliphatic rings. The SMILES string of the molecule is C[C@@H]1CN(C[C@@H](O)c2ccc(Br)cc2)C[C@@H](C)O1. The van der Waals surface area contributed by atoms with Crippen molar-refractivity contribution < 1.29 is 9.84 Å². The van der Waals surface area contributed by atoms with Gasteiger partial charge in [-0.1, -0.05) is 28.1 Å². The number of hydrogen-bond acceptors (Lipinski definition) is 3. The first kappa shape index (κ1) is 14.0. The maximum Gasteiger partial charge on any atom is 0.0916 e. The molecule has 2 rings (SSSR count). The van der Waals surface area contributed by atoms with Crippen molar-refractivity contribution in [1.82, 2.24) is 4.90 Å². The number of aliphatic hydroxyl groups excluding tert-OH is 1. The lowest BCUT2D eigenvalue weighted by Crippen LogP contribution is -2.46. The zero-order chi connectivity index (χ0) is 13.1. The summed E-state index contributed by atoms with van der Waals surface area (Å²) in [6.07, 6.45) is 0.0485. The van der Waals surface area contributed by atoms with Crippen molar-refractivity contribution in [1.29, 1.82) is 0 Å². The second-order valence-electron chi connectivity index (χ2n) is 5.04. The molecule has 1 aromatic rings. The van der Waals surface area contributed by atoms with Crippen LogP contribution in [0.3, 0.4) is 0 Å². The summed E-state index contributed by atoms with van der Waals surface area (Å²) in [6, 6.07) is 7.84. The molecule has 0 amide bonds. The van der Waals surface area contributed by atoms with Crippen LogP contribution in [0.4, 0.5) is 0 Å². The maximum atomic E-state index is 10.2. The third-order valence-electron chi connectivity index (χ3n) is 3.18. The summed E-state index contributed by atoms with van der Waals surface area (Å²) in [7, 11) is 0. The van der Waals surface area contributed by atoms with E-state index in [1.165, 1.54) is 0 Å². The predicted molar refractivity (Wildman–Crippen MR) is 75.6 cm³/mol. The Morgan fingerprint density at radius 3 is 2.39 bits per heavy atom. The molecule has 1 heterocycles. The van der Waals surface area contributed by atoms with Crippen molar-refractivity contribution in [2.24, 2.45) is 0 Å². The molecule has 1 aromatic carbocycles. The summed E-state index contributed by atoms with van der Waals surface area (Å²) in [6.45, 7) is 6.60. The number of rotatable bonds is 3. The highest BCUT2D eigenvalue weighted by molar-refractivity contribution is 9.10. The molecule has 18 heavy (non-hydrogen) atoms. The number of aliphatic hydroxyl groups is 1. The Kier molecular flexibility index (Phi) is 4.78. The molecule has 1 aliphatic heterocycles. The second kappa shape index (κ2) is 6.15. The molecule has 1 saturated heterocycles. The number of morpholine rings is 1. The standard InChI is InChI=1S/C14H20BrNO2/c1-10-7-16(8-11(2)18-10)9-14(17)12-3-5-13(15)6-4-12/h3-6,10-11,14,17H,7-9H2,1-2H3/t10-,11-,14-/m1/s1. The number of halogens is 1.